The Balaban J connectivity index is 2.03. The number of hydrogen-bond acceptors (Lipinski definition) is 7. The molecule has 0 aliphatic heterocycles. The summed E-state index contributed by atoms with van der Waals surface area (Å²) in [7, 11) is -1.07. The van der Waals surface area contributed by atoms with Crippen molar-refractivity contribution in [2.75, 3.05) is 44.5 Å². The predicted molar refractivity (Wildman–Crippen MR) is 111 cm³/mol. The number of carbonyl (C=O) groups is 2. The number of aromatic nitrogens is 1. The van der Waals surface area contributed by atoms with E-state index in [0.29, 0.717) is 18.0 Å². The van der Waals surface area contributed by atoms with Crippen LogP contribution in [0.1, 0.15) is 6.92 Å². The minimum Gasteiger partial charge on any atom is -0.474 e. The van der Waals surface area contributed by atoms with Gasteiger partial charge in [-0.05, 0) is 36.4 Å². The summed E-state index contributed by atoms with van der Waals surface area (Å²) in [5, 5.41) is 5.16. The Bertz CT molecular complexity index is 979. The standard InChI is InChI=1S/C19H24N4O6S/c1-14(24)21-15-6-8-16(9-7-15)30(26,27)23(2)13-18(25)22-17-5-4-10-20-19(17)29-12-11-28-3/h4-10H,11-13H2,1-3H3,(H,21,24)(H,22,25). The van der Waals surface area contributed by atoms with Gasteiger partial charge in [-0.1, -0.05) is 0 Å². The monoisotopic (exact) mass is 436 g/mol. The first-order chi connectivity index (χ1) is 14.2. The molecule has 0 radical (unpaired) electrons. The number of amides is 2. The van der Waals surface area contributed by atoms with Crippen LogP contribution in [0.3, 0.4) is 0 Å². The normalized spacial score (nSPS) is 11.2. The van der Waals surface area contributed by atoms with Crippen LogP contribution < -0.4 is 15.4 Å². The highest BCUT2D eigenvalue weighted by molar-refractivity contribution is 7.89. The van der Waals surface area contributed by atoms with Crippen molar-refractivity contribution < 1.29 is 27.5 Å². The number of hydrogen-bond donors (Lipinski definition) is 2. The number of nitrogens with zero attached hydrogens (tertiary/aromatic N) is 2. The van der Waals surface area contributed by atoms with Crippen LogP contribution in [-0.2, 0) is 24.3 Å². The molecule has 2 aromatic rings. The van der Waals surface area contributed by atoms with Crippen molar-refractivity contribution in [2.24, 2.45) is 0 Å². The average molecular weight is 436 g/mol. The van der Waals surface area contributed by atoms with Crippen molar-refractivity contribution in [2.45, 2.75) is 11.8 Å². The zero-order valence-corrected chi connectivity index (χ0v) is 17.7. The molecular formula is C19H24N4O6S. The van der Waals surface area contributed by atoms with E-state index in [9.17, 15) is 18.0 Å². The molecule has 0 unspecified atom stereocenters. The lowest BCUT2D eigenvalue weighted by Crippen LogP contribution is -2.35. The molecule has 0 saturated heterocycles. The first-order valence-electron chi connectivity index (χ1n) is 8.94. The molecule has 0 saturated carbocycles. The number of nitrogens with one attached hydrogen (secondary N) is 2. The van der Waals surface area contributed by atoms with Gasteiger partial charge in [0, 0.05) is 33.0 Å². The smallest absolute Gasteiger partial charge is 0.243 e. The number of carbonyl (C=O) groups excluding carboxylic acids is 2. The molecule has 0 atom stereocenters. The fraction of sp³-hybridized carbons (Fsp3) is 0.316. The minimum absolute atomic E-state index is 0.00290. The number of methoxy groups -OCH3 is 1. The van der Waals surface area contributed by atoms with E-state index in [0.717, 1.165) is 4.31 Å². The summed E-state index contributed by atoms with van der Waals surface area (Å²) in [6, 6.07) is 8.89. The quantitative estimate of drug-likeness (QED) is 0.538. The van der Waals surface area contributed by atoms with Gasteiger partial charge in [0.05, 0.1) is 18.0 Å². The molecule has 11 heteroatoms. The van der Waals surface area contributed by atoms with Crippen LogP contribution in [0.4, 0.5) is 11.4 Å². The lowest BCUT2D eigenvalue weighted by atomic mass is 10.3. The fourth-order valence-corrected chi connectivity index (χ4v) is 3.52. The third kappa shape index (κ3) is 6.51. The molecule has 0 fully saturated rings. The number of likely N-dealkylation sites (N-methyl/N-ethyl adjacent to an activating group) is 1. The number of pyridine rings is 1. The second-order valence-corrected chi connectivity index (χ2v) is 8.26. The lowest BCUT2D eigenvalue weighted by molar-refractivity contribution is -0.116. The van der Waals surface area contributed by atoms with Gasteiger partial charge in [0.2, 0.25) is 27.7 Å². The van der Waals surface area contributed by atoms with Gasteiger partial charge in [-0.15, -0.1) is 0 Å². The highest BCUT2D eigenvalue weighted by Crippen LogP contribution is 2.21. The molecule has 30 heavy (non-hydrogen) atoms. The Morgan fingerprint density at radius 3 is 2.43 bits per heavy atom. The topological polar surface area (TPSA) is 127 Å². The van der Waals surface area contributed by atoms with E-state index in [1.165, 1.54) is 51.5 Å². The summed E-state index contributed by atoms with van der Waals surface area (Å²) in [6.45, 7) is 1.54. The van der Waals surface area contributed by atoms with E-state index in [-0.39, 0.29) is 23.3 Å². The zero-order chi connectivity index (χ0) is 22.1. The molecule has 0 bridgehead atoms. The van der Waals surface area contributed by atoms with Crippen LogP contribution in [0.15, 0.2) is 47.5 Å². The summed E-state index contributed by atoms with van der Waals surface area (Å²) >= 11 is 0. The van der Waals surface area contributed by atoms with Crippen molar-refractivity contribution in [3.8, 4) is 5.88 Å². The zero-order valence-electron chi connectivity index (χ0n) is 16.9. The molecule has 0 aliphatic carbocycles. The second kappa shape index (κ2) is 10.7. The summed E-state index contributed by atoms with van der Waals surface area (Å²) < 4.78 is 36.7. The minimum atomic E-state index is -3.90. The maximum absolute atomic E-state index is 12.7. The van der Waals surface area contributed by atoms with Gasteiger partial charge >= 0.3 is 0 Å². The Labute approximate surface area is 175 Å². The van der Waals surface area contributed by atoms with Gasteiger partial charge in [0.15, 0.2) is 0 Å². The van der Waals surface area contributed by atoms with Crippen molar-refractivity contribution in [1.29, 1.82) is 0 Å². The van der Waals surface area contributed by atoms with Crippen LogP contribution in [0.5, 0.6) is 5.88 Å². The Hall–Kier alpha value is -3.02. The molecule has 2 N–H and O–H groups in total. The third-order valence-electron chi connectivity index (χ3n) is 3.82. The van der Waals surface area contributed by atoms with Crippen molar-refractivity contribution in [3.63, 3.8) is 0 Å². The van der Waals surface area contributed by atoms with E-state index in [1.54, 1.807) is 12.1 Å². The molecule has 10 nitrogen and oxygen atoms in total. The number of anilines is 2. The number of benzene rings is 1. The van der Waals surface area contributed by atoms with E-state index >= 15 is 0 Å². The van der Waals surface area contributed by atoms with Gasteiger partial charge in [-0.3, -0.25) is 9.59 Å². The molecule has 2 amide bonds. The first-order valence-corrected chi connectivity index (χ1v) is 10.4. The average Bonchev–Trinajstić information content (AvgIpc) is 2.69. The van der Waals surface area contributed by atoms with Crippen LogP contribution in [0.25, 0.3) is 0 Å². The van der Waals surface area contributed by atoms with E-state index in [2.05, 4.69) is 15.6 Å². The summed E-state index contributed by atoms with van der Waals surface area (Å²) in [5.74, 6) is -0.608. The Kier molecular flexibility index (Phi) is 8.27. The van der Waals surface area contributed by atoms with Gasteiger partial charge in [-0.2, -0.15) is 4.31 Å². The van der Waals surface area contributed by atoms with E-state index < -0.39 is 22.5 Å². The second-order valence-electron chi connectivity index (χ2n) is 6.21. The molecule has 0 aliphatic rings. The maximum atomic E-state index is 12.7. The highest BCUT2D eigenvalue weighted by atomic mass is 32.2. The van der Waals surface area contributed by atoms with Crippen molar-refractivity contribution >= 4 is 33.2 Å². The molecule has 1 heterocycles. The first kappa shape index (κ1) is 23.3. The van der Waals surface area contributed by atoms with Gasteiger partial charge in [0.25, 0.3) is 0 Å². The summed E-state index contributed by atoms with van der Waals surface area (Å²) in [4.78, 5) is 27.5. The molecule has 1 aromatic heterocycles. The van der Waals surface area contributed by atoms with Gasteiger partial charge in [-0.25, -0.2) is 13.4 Å². The summed E-state index contributed by atoms with van der Waals surface area (Å²) in [6.07, 6.45) is 1.51. The van der Waals surface area contributed by atoms with E-state index in [4.69, 9.17) is 9.47 Å². The molecule has 0 spiro atoms. The van der Waals surface area contributed by atoms with E-state index in [1.807, 2.05) is 0 Å². The van der Waals surface area contributed by atoms with Crippen LogP contribution in [-0.4, -0.2) is 63.4 Å². The van der Waals surface area contributed by atoms with Crippen LogP contribution in [0, 0.1) is 0 Å². The van der Waals surface area contributed by atoms with Gasteiger partial charge < -0.3 is 20.1 Å². The highest BCUT2D eigenvalue weighted by Gasteiger charge is 2.23. The predicted octanol–water partition coefficient (Wildman–Crippen LogP) is 1.32. The molecular weight excluding hydrogens is 412 g/mol. The molecule has 2 rings (SSSR count). The van der Waals surface area contributed by atoms with Crippen molar-refractivity contribution in [1.82, 2.24) is 9.29 Å². The van der Waals surface area contributed by atoms with Gasteiger partial charge in [0.1, 0.15) is 12.3 Å². The maximum Gasteiger partial charge on any atom is 0.243 e. The fourth-order valence-electron chi connectivity index (χ4n) is 2.39. The lowest BCUT2D eigenvalue weighted by Gasteiger charge is -2.18. The Morgan fingerprint density at radius 2 is 1.80 bits per heavy atom. The number of rotatable bonds is 10. The molecule has 162 valence electrons. The van der Waals surface area contributed by atoms with Crippen molar-refractivity contribution in [3.05, 3.63) is 42.6 Å². The third-order valence-corrected chi connectivity index (χ3v) is 5.64. The van der Waals surface area contributed by atoms with Crippen LogP contribution in [0.2, 0.25) is 0 Å². The number of sulfonamides is 1. The Morgan fingerprint density at radius 1 is 1.10 bits per heavy atom. The van der Waals surface area contributed by atoms with Crippen LogP contribution >= 0.6 is 0 Å². The number of ether oxygens (including phenoxy) is 2. The molecule has 1 aromatic carbocycles. The SMILES string of the molecule is COCCOc1ncccc1NC(=O)CN(C)S(=O)(=O)c1ccc(NC(C)=O)cc1. The summed E-state index contributed by atoms with van der Waals surface area (Å²) in [5.41, 5.74) is 0.795. The largest absolute Gasteiger partial charge is 0.474 e.